The fourth-order valence-electron chi connectivity index (χ4n) is 6.60. The van der Waals surface area contributed by atoms with Gasteiger partial charge in [0.1, 0.15) is 29.7 Å². The molecule has 1 amide bonds. The van der Waals surface area contributed by atoms with Crippen LogP contribution < -0.4 is 20.5 Å². The Morgan fingerprint density at radius 3 is 2.73 bits per heavy atom. The number of aryl methyl sites for hydroxylation is 1. The van der Waals surface area contributed by atoms with Crippen LogP contribution >= 0.6 is 0 Å². The molecule has 4 aromatic heterocycles. The van der Waals surface area contributed by atoms with Gasteiger partial charge >= 0.3 is 0 Å². The molecule has 0 bridgehead atoms. The summed E-state index contributed by atoms with van der Waals surface area (Å²) in [6.07, 6.45) is 1.48. The number of piperidine rings is 1. The summed E-state index contributed by atoms with van der Waals surface area (Å²) in [5, 5.41) is 4.31. The summed E-state index contributed by atoms with van der Waals surface area (Å²) in [4.78, 5) is 29.9. The standard InChI is InChI=1S/C33H35FN8O3/c1-40-29-25(11-20(13-28(29)44-2)33(43)41-16-21(34)14-22(35)17-41)39-32(40)26-12-19-5-6-24(38-31(19)42(26)15-18-3-4-18)23-7-8-27-30(37-23)36-9-10-45-27/h5-8,11-13,18,21-22H,3-4,9-10,14-17,35H2,1-2H3,(H,36,37)/t21-,22-/m1/s1. The van der Waals surface area contributed by atoms with Crippen molar-refractivity contribution < 1.29 is 18.7 Å². The number of fused-ring (bicyclic) bond motifs is 3. The van der Waals surface area contributed by atoms with E-state index >= 15 is 0 Å². The number of amides is 1. The molecule has 1 aromatic carbocycles. The Morgan fingerprint density at radius 2 is 1.93 bits per heavy atom. The number of nitrogens with zero attached hydrogens (tertiary/aromatic N) is 6. The van der Waals surface area contributed by atoms with Crippen molar-refractivity contribution in [3.05, 3.63) is 48.0 Å². The van der Waals surface area contributed by atoms with E-state index in [2.05, 4.69) is 22.0 Å². The molecule has 5 aromatic rings. The van der Waals surface area contributed by atoms with E-state index in [0.29, 0.717) is 42.4 Å². The van der Waals surface area contributed by atoms with Crippen LogP contribution in [-0.4, -0.2) is 80.5 Å². The minimum absolute atomic E-state index is 0.0296. The van der Waals surface area contributed by atoms with Gasteiger partial charge in [-0.15, -0.1) is 0 Å². The van der Waals surface area contributed by atoms with E-state index in [9.17, 15) is 9.18 Å². The number of imidazole rings is 1. The molecule has 0 radical (unpaired) electrons. The summed E-state index contributed by atoms with van der Waals surface area (Å²) in [6.45, 7) is 2.50. The molecular formula is C33H35FN8O3. The zero-order chi connectivity index (χ0) is 30.8. The number of nitrogens with two attached hydrogens (primary N) is 1. The number of methoxy groups -OCH3 is 1. The van der Waals surface area contributed by atoms with E-state index in [1.54, 1.807) is 19.2 Å². The lowest BCUT2D eigenvalue weighted by molar-refractivity contribution is 0.0606. The Bertz CT molecular complexity index is 1950. The molecule has 11 nitrogen and oxygen atoms in total. The first kappa shape index (κ1) is 27.8. The number of hydrogen-bond donors (Lipinski definition) is 2. The monoisotopic (exact) mass is 610 g/mol. The van der Waals surface area contributed by atoms with Crippen molar-refractivity contribution in [3.8, 4) is 34.4 Å². The van der Waals surface area contributed by atoms with Crippen LogP contribution in [-0.2, 0) is 13.6 Å². The smallest absolute Gasteiger partial charge is 0.254 e. The van der Waals surface area contributed by atoms with Crippen molar-refractivity contribution in [2.45, 2.75) is 38.0 Å². The second kappa shape index (κ2) is 10.7. The molecule has 0 spiro atoms. The first-order valence-electron chi connectivity index (χ1n) is 15.5. The average molecular weight is 611 g/mol. The van der Waals surface area contributed by atoms with Gasteiger partial charge < -0.3 is 34.6 Å². The molecule has 2 fully saturated rings. The molecule has 3 aliphatic rings. The Hall–Kier alpha value is -4.71. The van der Waals surface area contributed by atoms with Crippen LogP contribution in [0.2, 0.25) is 0 Å². The number of alkyl halides is 1. The number of rotatable bonds is 6. The summed E-state index contributed by atoms with van der Waals surface area (Å²) < 4.78 is 30.0. The number of benzene rings is 1. The number of pyridine rings is 2. The molecule has 1 aliphatic carbocycles. The second-order valence-corrected chi connectivity index (χ2v) is 12.4. The molecule has 2 atom stereocenters. The highest BCUT2D eigenvalue weighted by Crippen LogP contribution is 2.38. The second-order valence-electron chi connectivity index (χ2n) is 12.4. The molecule has 1 saturated heterocycles. The van der Waals surface area contributed by atoms with Crippen LogP contribution in [0.15, 0.2) is 42.5 Å². The van der Waals surface area contributed by atoms with Crippen molar-refractivity contribution in [1.29, 1.82) is 0 Å². The number of halogens is 1. The fraction of sp³-hybridized carbons (Fsp3) is 0.394. The summed E-state index contributed by atoms with van der Waals surface area (Å²) in [5.74, 6) is 3.04. The third kappa shape index (κ3) is 4.93. The van der Waals surface area contributed by atoms with Crippen molar-refractivity contribution in [2.24, 2.45) is 18.7 Å². The average Bonchev–Trinajstić information content (AvgIpc) is 3.72. The summed E-state index contributed by atoms with van der Waals surface area (Å²) in [7, 11) is 3.53. The van der Waals surface area contributed by atoms with E-state index in [1.807, 2.05) is 29.8 Å². The summed E-state index contributed by atoms with van der Waals surface area (Å²) in [5.41, 5.74) is 11.2. The topological polar surface area (TPSA) is 125 Å². The Balaban J connectivity index is 1.22. The van der Waals surface area contributed by atoms with Gasteiger partial charge in [0.2, 0.25) is 0 Å². The van der Waals surface area contributed by atoms with Gasteiger partial charge in [-0.05, 0) is 67.6 Å². The number of anilines is 1. The van der Waals surface area contributed by atoms with E-state index in [4.69, 9.17) is 30.2 Å². The maximum Gasteiger partial charge on any atom is 0.254 e. The summed E-state index contributed by atoms with van der Waals surface area (Å²) in [6, 6.07) is 13.2. The quantitative estimate of drug-likeness (QED) is 0.290. The lowest BCUT2D eigenvalue weighted by atomic mass is 10.0. The SMILES string of the molecule is COc1cc(C(=O)N2C[C@H](N)C[C@@H](F)C2)cc2nc(-c3cc4ccc(-c5ccc6c(n5)NCCO6)nc4n3CC3CC3)n(C)c12. The van der Waals surface area contributed by atoms with Crippen LogP contribution in [0.25, 0.3) is 45.0 Å². The lowest BCUT2D eigenvalue weighted by Crippen LogP contribution is -2.50. The first-order chi connectivity index (χ1) is 21.9. The first-order valence-corrected chi connectivity index (χ1v) is 15.5. The highest BCUT2D eigenvalue weighted by atomic mass is 19.1. The molecular weight excluding hydrogens is 575 g/mol. The minimum atomic E-state index is -1.14. The molecule has 2 aliphatic heterocycles. The van der Waals surface area contributed by atoms with Gasteiger partial charge in [-0.2, -0.15) is 0 Å². The Morgan fingerprint density at radius 1 is 1.11 bits per heavy atom. The van der Waals surface area contributed by atoms with E-state index in [0.717, 1.165) is 57.6 Å². The number of carbonyl (C=O) groups is 1. The van der Waals surface area contributed by atoms with Gasteiger partial charge in [-0.1, -0.05) is 0 Å². The van der Waals surface area contributed by atoms with Gasteiger partial charge in [-0.25, -0.2) is 19.3 Å². The van der Waals surface area contributed by atoms with Crippen LogP contribution in [0.5, 0.6) is 11.5 Å². The van der Waals surface area contributed by atoms with Gasteiger partial charge in [0, 0.05) is 37.1 Å². The molecule has 0 unspecified atom stereocenters. The van der Waals surface area contributed by atoms with Crippen LogP contribution in [0.4, 0.5) is 10.2 Å². The van der Waals surface area contributed by atoms with Crippen LogP contribution in [0.3, 0.4) is 0 Å². The third-order valence-electron chi connectivity index (χ3n) is 9.00. The Kier molecular flexibility index (Phi) is 6.63. The molecule has 6 heterocycles. The molecule has 232 valence electrons. The summed E-state index contributed by atoms with van der Waals surface area (Å²) >= 11 is 0. The van der Waals surface area contributed by atoms with Gasteiger partial charge in [0.25, 0.3) is 5.91 Å². The number of ether oxygens (including phenoxy) is 2. The predicted molar refractivity (Wildman–Crippen MR) is 169 cm³/mol. The number of aromatic nitrogens is 5. The maximum atomic E-state index is 14.3. The van der Waals surface area contributed by atoms with Gasteiger partial charge in [0.05, 0.1) is 42.8 Å². The predicted octanol–water partition coefficient (Wildman–Crippen LogP) is 4.39. The highest BCUT2D eigenvalue weighted by molar-refractivity contribution is 6.00. The Labute approximate surface area is 259 Å². The molecule has 8 rings (SSSR count). The maximum absolute atomic E-state index is 14.3. The molecule has 12 heteroatoms. The number of carbonyl (C=O) groups excluding carboxylic acids is 1. The van der Waals surface area contributed by atoms with Gasteiger partial charge in [0.15, 0.2) is 17.4 Å². The molecule has 3 N–H and O–H groups in total. The highest BCUT2D eigenvalue weighted by Gasteiger charge is 2.31. The van der Waals surface area contributed by atoms with Crippen molar-refractivity contribution >= 4 is 33.8 Å². The largest absolute Gasteiger partial charge is 0.494 e. The van der Waals surface area contributed by atoms with Crippen molar-refractivity contribution in [2.75, 3.05) is 38.7 Å². The molecule has 1 saturated carbocycles. The van der Waals surface area contributed by atoms with E-state index in [-0.39, 0.29) is 24.9 Å². The lowest BCUT2D eigenvalue weighted by Gasteiger charge is -2.33. The normalized spacial score (nSPS) is 19.8. The zero-order valence-corrected chi connectivity index (χ0v) is 25.3. The van der Waals surface area contributed by atoms with E-state index < -0.39 is 6.17 Å². The third-order valence-corrected chi connectivity index (χ3v) is 9.00. The van der Waals surface area contributed by atoms with E-state index in [1.165, 1.54) is 17.7 Å². The number of hydrogen-bond acceptors (Lipinski definition) is 8. The number of nitrogens with one attached hydrogen (secondary N) is 1. The fourth-order valence-corrected chi connectivity index (χ4v) is 6.60. The van der Waals surface area contributed by atoms with Gasteiger partial charge in [-0.3, -0.25) is 4.79 Å². The number of likely N-dealkylation sites (tertiary alicyclic amines) is 1. The van der Waals surface area contributed by atoms with Crippen molar-refractivity contribution in [1.82, 2.24) is 29.0 Å². The van der Waals surface area contributed by atoms with Crippen LogP contribution in [0.1, 0.15) is 29.6 Å². The minimum Gasteiger partial charge on any atom is -0.494 e. The van der Waals surface area contributed by atoms with Crippen molar-refractivity contribution in [3.63, 3.8) is 0 Å². The zero-order valence-electron chi connectivity index (χ0n) is 25.3. The van der Waals surface area contributed by atoms with Crippen LogP contribution in [0, 0.1) is 5.92 Å². The molecule has 45 heavy (non-hydrogen) atoms.